The average Bonchev–Trinajstić information content (AvgIpc) is 3.09. The van der Waals surface area contributed by atoms with Crippen LogP contribution >= 0.6 is 0 Å². The SMILES string of the molecule is CCCCCNC(=O)c1cnc2cc(-c3ccccc3)nn2c1C(C)C. The average molecular weight is 350 g/mol. The lowest BCUT2D eigenvalue weighted by Gasteiger charge is -2.14. The summed E-state index contributed by atoms with van der Waals surface area (Å²) in [5.74, 6) is 0.0800. The summed E-state index contributed by atoms with van der Waals surface area (Å²) in [5.41, 5.74) is 4.16. The van der Waals surface area contributed by atoms with Crippen LogP contribution in [0.5, 0.6) is 0 Å². The third-order valence-corrected chi connectivity index (χ3v) is 4.45. The number of aromatic nitrogens is 3. The van der Waals surface area contributed by atoms with Crippen LogP contribution in [0.25, 0.3) is 16.9 Å². The smallest absolute Gasteiger partial charge is 0.254 e. The maximum Gasteiger partial charge on any atom is 0.254 e. The molecule has 0 bridgehead atoms. The van der Waals surface area contributed by atoms with Crippen LogP contribution in [-0.2, 0) is 0 Å². The third kappa shape index (κ3) is 3.77. The highest BCUT2D eigenvalue weighted by molar-refractivity contribution is 5.95. The third-order valence-electron chi connectivity index (χ3n) is 4.45. The van der Waals surface area contributed by atoms with Gasteiger partial charge in [-0.15, -0.1) is 0 Å². The number of rotatable bonds is 7. The van der Waals surface area contributed by atoms with E-state index in [9.17, 15) is 4.79 Å². The van der Waals surface area contributed by atoms with Crippen LogP contribution in [0.4, 0.5) is 0 Å². The van der Waals surface area contributed by atoms with Gasteiger partial charge in [0.2, 0.25) is 0 Å². The molecule has 136 valence electrons. The van der Waals surface area contributed by atoms with Gasteiger partial charge >= 0.3 is 0 Å². The molecule has 5 heteroatoms. The minimum absolute atomic E-state index is 0.0732. The minimum atomic E-state index is -0.0732. The van der Waals surface area contributed by atoms with Gasteiger partial charge in [-0.3, -0.25) is 4.79 Å². The molecule has 3 aromatic rings. The van der Waals surface area contributed by atoms with Crippen LogP contribution in [0.15, 0.2) is 42.6 Å². The van der Waals surface area contributed by atoms with Crippen LogP contribution in [0.1, 0.15) is 62.0 Å². The molecule has 0 saturated heterocycles. The normalized spacial score (nSPS) is 11.2. The van der Waals surface area contributed by atoms with Crippen molar-refractivity contribution in [1.29, 1.82) is 0 Å². The van der Waals surface area contributed by atoms with E-state index in [0.717, 1.165) is 41.9 Å². The number of nitrogens with one attached hydrogen (secondary N) is 1. The molecule has 0 fully saturated rings. The largest absolute Gasteiger partial charge is 0.352 e. The van der Waals surface area contributed by atoms with E-state index in [-0.39, 0.29) is 11.8 Å². The number of amides is 1. The molecular weight excluding hydrogens is 324 g/mol. The predicted molar refractivity (Wildman–Crippen MR) is 104 cm³/mol. The summed E-state index contributed by atoms with van der Waals surface area (Å²) in [5, 5.41) is 7.74. The van der Waals surface area contributed by atoms with Crippen molar-refractivity contribution in [2.45, 2.75) is 46.0 Å². The summed E-state index contributed by atoms with van der Waals surface area (Å²) >= 11 is 0. The molecule has 0 saturated carbocycles. The number of hydrogen-bond acceptors (Lipinski definition) is 3. The van der Waals surface area contributed by atoms with Gasteiger partial charge in [0.1, 0.15) is 0 Å². The fourth-order valence-corrected chi connectivity index (χ4v) is 3.10. The Bertz CT molecular complexity index is 884. The van der Waals surface area contributed by atoms with Crippen molar-refractivity contribution in [3.05, 3.63) is 53.9 Å². The maximum absolute atomic E-state index is 12.7. The maximum atomic E-state index is 12.7. The number of carbonyl (C=O) groups excluding carboxylic acids is 1. The van der Waals surface area contributed by atoms with Crippen molar-refractivity contribution in [3.8, 4) is 11.3 Å². The second-order valence-corrected chi connectivity index (χ2v) is 6.84. The summed E-state index contributed by atoms with van der Waals surface area (Å²) in [6, 6.07) is 12.0. The highest BCUT2D eigenvalue weighted by atomic mass is 16.1. The molecule has 0 aliphatic rings. The monoisotopic (exact) mass is 350 g/mol. The zero-order valence-corrected chi connectivity index (χ0v) is 15.7. The molecule has 2 heterocycles. The highest BCUT2D eigenvalue weighted by Crippen LogP contribution is 2.24. The summed E-state index contributed by atoms with van der Waals surface area (Å²) in [7, 11) is 0. The second kappa shape index (κ2) is 8.13. The molecule has 0 radical (unpaired) electrons. The molecule has 2 aromatic heterocycles. The van der Waals surface area contributed by atoms with Crippen LogP contribution < -0.4 is 5.32 Å². The Morgan fingerprint density at radius 2 is 1.96 bits per heavy atom. The fourth-order valence-electron chi connectivity index (χ4n) is 3.10. The number of unbranched alkanes of at least 4 members (excludes halogenated alkanes) is 2. The van der Waals surface area contributed by atoms with E-state index in [4.69, 9.17) is 5.10 Å². The number of benzene rings is 1. The standard InChI is InChI=1S/C21H26N4O/c1-4-5-9-12-22-21(26)17-14-23-19-13-18(16-10-7-6-8-11-16)24-25(19)20(17)15(2)3/h6-8,10-11,13-15H,4-5,9,12H2,1-3H3,(H,22,26). The zero-order valence-electron chi connectivity index (χ0n) is 15.7. The molecule has 1 aromatic carbocycles. The van der Waals surface area contributed by atoms with E-state index in [1.807, 2.05) is 40.9 Å². The number of carbonyl (C=O) groups is 1. The zero-order chi connectivity index (χ0) is 18.5. The Balaban J connectivity index is 1.97. The predicted octanol–water partition coefficient (Wildman–Crippen LogP) is 4.44. The summed E-state index contributed by atoms with van der Waals surface area (Å²) in [6.45, 7) is 6.99. The lowest BCUT2D eigenvalue weighted by Crippen LogP contribution is -2.27. The Morgan fingerprint density at radius 3 is 2.65 bits per heavy atom. The lowest BCUT2D eigenvalue weighted by atomic mass is 10.0. The number of nitrogens with zero attached hydrogens (tertiary/aromatic N) is 3. The topological polar surface area (TPSA) is 59.3 Å². The number of hydrogen-bond donors (Lipinski definition) is 1. The summed E-state index contributed by atoms with van der Waals surface area (Å²) in [4.78, 5) is 17.1. The van der Waals surface area contributed by atoms with Gasteiger partial charge in [-0.2, -0.15) is 5.10 Å². The molecule has 0 aliphatic heterocycles. The van der Waals surface area contributed by atoms with Crippen molar-refractivity contribution in [2.24, 2.45) is 0 Å². The van der Waals surface area contributed by atoms with Crippen molar-refractivity contribution in [2.75, 3.05) is 6.54 Å². The van der Waals surface area contributed by atoms with E-state index in [1.165, 1.54) is 0 Å². The molecule has 3 rings (SSSR count). The van der Waals surface area contributed by atoms with Crippen LogP contribution in [0.3, 0.4) is 0 Å². The van der Waals surface area contributed by atoms with E-state index in [0.29, 0.717) is 12.1 Å². The van der Waals surface area contributed by atoms with Gasteiger partial charge in [-0.1, -0.05) is 63.9 Å². The summed E-state index contributed by atoms with van der Waals surface area (Å²) < 4.78 is 1.81. The first-order valence-electron chi connectivity index (χ1n) is 9.34. The quantitative estimate of drug-likeness (QED) is 0.641. The molecule has 0 aliphatic carbocycles. The molecule has 1 amide bonds. The molecule has 1 N–H and O–H groups in total. The molecule has 26 heavy (non-hydrogen) atoms. The Kier molecular flexibility index (Phi) is 5.66. The minimum Gasteiger partial charge on any atom is -0.352 e. The van der Waals surface area contributed by atoms with Gasteiger partial charge < -0.3 is 5.32 Å². The van der Waals surface area contributed by atoms with E-state index in [1.54, 1.807) is 6.20 Å². The van der Waals surface area contributed by atoms with Gasteiger partial charge in [0, 0.05) is 24.4 Å². The Morgan fingerprint density at radius 1 is 1.19 bits per heavy atom. The second-order valence-electron chi connectivity index (χ2n) is 6.84. The highest BCUT2D eigenvalue weighted by Gasteiger charge is 2.19. The van der Waals surface area contributed by atoms with Gasteiger partial charge in [-0.05, 0) is 12.3 Å². The first kappa shape index (κ1) is 18.1. The lowest BCUT2D eigenvalue weighted by molar-refractivity contribution is 0.0950. The van der Waals surface area contributed by atoms with Crippen molar-refractivity contribution >= 4 is 11.6 Å². The van der Waals surface area contributed by atoms with Gasteiger partial charge in [0.25, 0.3) is 5.91 Å². The van der Waals surface area contributed by atoms with Crippen LogP contribution in [-0.4, -0.2) is 27.0 Å². The van der Waals surface area contributed by atoms with E-state index < -0.39 is 0 Å². The molecule has 0 spiro atoms. The molecule has 5 nitrogen and oxygen atoms in total. The number of fused-ring (bicyclic) bond motifs is 1. The molecular formula is C21H26N4O. The van der Waals surface area contributed by atoms with Crippen molar-refractivity contribution in [3.63, 3.8) is 0 Å². The molecule has 0 unspecified atom stereocenters. The van der Waals surface area contributed by atoms with Gasteiger partial charge in [0.05, 0.1) is 17.0 Å². The summed E-state index contributed by atoms with van der Waals surface area (Å²) in [6.07, 6.45) is 4.93. The fraction of sp³-hybridized carbons (Fsp3) is 0.381. The van der Waals surface area contributed by atoms with Crippen molar-refractivity contribution < 1.29 is 4.79 Å². The molecule has 0 atom stereocenters. The first-order chi connectivity index (χ1) is 12.6. The van der Waals surface area contributed by atoms with E-state index >= 15 is 0 Å². The van der Waals surface area contributed by atoms with Crippen LogP contribution in [0, 0.1) is 0 Å². The van der Waals surface area contributed by atoms with E-state index in [2.05, 4.69) is 31.1 Å². The first-order valence-corrected chi connectivity index (χ1v) is 9.34. The Hall–Kier alpha value is -2.69. The van der Waals surface area contributed by atoms with Crippen molar-refractivity contribution in [1.82, 2.24) is 19.9 Å². The van der Waals surface area contributed by atoms with Crippen LogP contribution in [0.2, 0.25) is 0 Å². The van der Waals surface area contributed by atoms with Gasteiger partial charge in [-0.25, -0.2) is 9.50 Å². The Labute approximate surface area is 154 Å². The van der Waals surface area contributed by atoms with Gasteiger partial charge in [0.15, 0.2) is 5.65 Å².